The van der Waals surface area contributed by atoms with Gasteiger partial charge in [0.1, 0.15) is 11.9 Å². The summed E-state index contributed by atoms with van der Waals surface area (Å²) in [6.45, 7) is 3.56. The molecule has 100 valence electrons. The summed E-state index contributed by atoms with van der Waals surface area (Å²) < 4.78 is 0. The molecule has 1 heterocycles. The standard InChI is InChI=1S/C15H13N3O2/c1-9-7-12(5-6-13(9)15(19)20)18-14-11(8-16)4-3-10(2)17-14/h3-7H,1-2H3,(H,17,18)(H,19,20). The van der Waals surface area contributed by atoms with E-state index in [0.717, 1.165) is 5.69 Å². The van der Waals surface area contributed by atoms with Crippen LogP contribution in [-0.4, -0.2) is 16.1 Å². The molecule has 0 spiro atoms. The number of hydrogen-bond donors (Lipinski definition) is 2. The number of nitrogens with one attached hydrogen (secondary N) is 1. The highest BCUT2D eigenvalue weighted by molar-refractivity contribution is 5.90. The van der Waals surface area contributed by atoms with Gasteiger partial charge in [-0.15, -0.1) is 0 Å². The molecule has 0 aliphatic carbocycles. The largest absolute Gasteiger partial charge is 0.478 e. The first-order valence-electron chi connectivity index (χ1n) is 6.00. The van der Waals surface area contributed by atoms with Crippen molar-refractivity contribution in [3.63, 3.8) is 0 Å². The number of anilines is 2. The molecule has 1 aromatic heterocycles. The van der Waals surface area contributed by atoms with E-state index in [0.29, 0.717) is 22.6 Å². The molecule has 2 rings (SSSR count). The zero-order valence-electron chi connectivity index (χ0n) is 11.1. The van der Waals surface area contributed by atoms with Gasteiger partial charge < -0.3 is 10.4 Å². The second-order valence-electron chi connectivity index (χ2n) is 4.42. The quantitative estimate of drug-likeness (QED) is 0.892. The van der Waals surface area contributed by atoms with E-state index in [1.54, 1.807) is 31.2 Å². The fourth-order valence-electron chi connectivity index (χ4n) is 1.86. The highest BCUT2D eigenvalue weighted by atomic mass is 16.4. The van der Waals surface area contributed by atoms with E-state index in [4.69, 9.17) is 10.4 Å². The van der Waals surface area contributed by atoms with Crippen LogP contribution in [0.3, 0.4) is 0 Å². The van der Waals surface area contributed by atoms with Gasteiger partial charge in [0.25, 0.3) is 0 Å². The van der Waals surface area contributed by atoms with E-state index in [1.165, 1.54) is 6.07 Å². The highest BCUT2D eigenvalue weighted by Gasteiger charge is 2.09. The minimum absolute atomic E-state index is 0.258. The number of benzene rings is 1. The van der Waals surface area contributed by atoms with Crippen molar-refractivity contribution in [1.29, 1.82) is 5.26 Å². The summed E-state index contributed by atoms with van der Waals surface area (Å²) in [4.78, 5) is 15.2. The van der Waals surface area contributed by atoms with Crippen LogP contribution < -0.4 is 5.32 Å². The lowest BCUT2D eigenvalue weighted by Crippen LogP contribution is -2.02. The molecule has 0 saturated carbocycles. The molecule has 0 radical (unpaired) electrons. The Bertz CT molecular complexity index is 718. The van der Waals surface area contributed by atoms with Crippen molar-refractivity contribution >= 4 is 17.5 Å². The van der Waals surface area contributed by atoms with Crippen LogP contribution in [-0.2, 0) is 0 Å². The minimum atomic E-state index is -0.958. The molecule has 0 bridgehead atoms. The molecule has 5 heteroatoms. The maximum absolute atomic E-state index is 11.0. The molecule has 0 aliphatic rings. The Morgan fingerprint density at radius 3 is 2.65 bits per heavy atom. The van der Waals surface area contributed by atoms with Gasteiger partial charge in [-0.25, -0.2) is 9.78 Å². The lowest BCUT2D eigenvalue weighted by Gasteiger charge is -2.10. The summed E-state index contributed by atoms with van der Waals surface area (Å²) in [5.41, 5.74) is 2.84. The molecule has 0 fully saturated rings. The number of pyridine rings is 1. The van der Waals surface area contributed by atoms with Gasteiger partial charge in [0.05, 0.1) is 11.1 Å². The molecule has 2 aromatic rings. The van der Waals surface area contributed by atoms with Crippen molar-refractivity contribution in [3.8, 4) is 6.07 Å². The first-order chi connectivity index (χ1) is 9.51. The molecule has 5 nitrogen and oxygen atoms in total. The second-order valence-corrected chi connectivity index (χ2v) is 4.42. The van der Waals surface area contributed by atoms with Crippen LogP contribution in [0.1, 0.15) is 27.2 Å². The third-order valence-electron chi connectivity index (χ3n) is 2.87. The molecular formula is C15H13N3O2. The number of carboxylic acids is 1. The Kier molecular flexibility index (Phi) is 3.67. The number of aryl methyl sites for hydroxylation is 2. The molecule has 1 aromatic carbocycles. The van der Waals surface area contributed by atoms with E-state index in [2.05, 4.69) is 16.4 Å². The average Bonchev–Trinajstić information content (AvgIpc) is 2.38. The van der Waals surface area contributed by atoms with Crippen molar-refractivity contribution in [2.24, 2.45) is 0 Å². The van der Waals surface area contributed by atoms with Gasteiger partial charge >= 0.3 is 5.97 Å². The molecule has 0 saturated heterocycles. The first kappa shape index (κ1) is 13.6. The van der Waals surface area contributed by atoms with Gasteiger partial charge in [0, 0.05) is 11.4 Å². The molecule has 20 heavy (non-hydrogen) atoms. The van der Waals surface area contributed by atoms with Crippen LogP contribution >= 0.6 is 0 Å². The number of aromatic nitrogens is 1. The maximum atomic E-state index is 11.0. The number of aromatic carboxylic acids is 1. The van der Waals surface area contributed by atoms with Crippen LogP contribution in [0.4, 0.5) is 11.5 Å². The Morgan fingerprint density at radius 2 is 2.05 bits per heavy atom. The van der Waals surface area contributed by atoms with E-state index < -0.39 is 5.97 Å². The summed E-state index contributed by atoms with van der Waals surface area (Å²) in [6.07, 6.45) is 0. The van der Waals surface area contributed by atoms with Crippen molar-refractivity contribution in [3.05, 3.63) is 52.7 Å². The zero-order valence-corrected chi connectivity index (χ0v) is 11.1. The monoisotopic (exact) mass is 267 g/mol. The average molecular weight is 267 g/mol. The maximum Gasteiger partial charge on any atom is 0.335 e. The predicted molar refractivity (Wildman–Crippen MR) is 75.1 cm³/mol. The van der Waals surface area contributed by atoms with Crippen molar-refractivity contribution in [1.82, 2.24) is 4.98 Å². The third kappa shape index (κ3) is 2.75. The smallest absolute Gasteiger partial charge is 0.335 e. The Morgan fingerprint density at radius 1 is 1.30 bits per heavy atom. The summed E-state index contributed by atoms with van der Waals surface area (Å²) in [5.74, 6) is -0.490. The van der Waals surface area contributed by atoms with Gasteiger partial charge in [-0.2, -0.15) is 5.26 Å². The van der Waals surface area contributed by atoms with Crippen LogP contribution in [0.2, 0.25) is 0 Å². The predicted octanol–water partition coefficient (Wildman–Crippen LogP) is 3.01. The topological polar surface area (TPSA) is 86.0 Å². The number of nitriles is 1. The van der Waals surface area contributed by atoms with Gasteiger partial charge in [0.15, 0.2) is 0 Å². The molecule has 0 aliphatic heterocycles. The van der Waals surface area contributed by atoms with Crippen LogP contribution in [0.25, 0.3) is 0 Å². The molecule has 0 unspecified atom stereocenters. The summed E-state index contributed by atoms with van der Waals surface area (Å²) in [6, 6.07) is 10.4. The molecule has 0 amide bonds. The summed E-state index contributed by atoms with van der Waals surface area (Å²) >= 11 is 0. The fraction of sp³-hybridized carbons (Fsp3) is 0.133. The van der Waals surface area contributed by atoms with Crippen molar-refractivity contribution < 1.29 is 9.90 Å². The van der Waals surface area contributed by atoms with Gasteiger partial charge in [0.2, 0.25) is 0 Å². The summed E-state index contributed by atoms with van der Waals surface area (Å²) in [5, 5.41) is 21.1. The molecule has 2 N–H and O–H groups in total. The number of carbonyl (C=O) groups is 1. The molecular weight excluding hydrogens is 254 g/mol. The zero-order chi connectivity index (χ0) is 14.7. The number of carboxylic acid groups (broad SMARTS) is 1. The Hall–Kier alpha value is -2.87. The van der Waals surface area contributed by atoms with Crippen molar-refractivity contribution in [2.45, 2.75) is 13.8 Å². The SMILES string of the molecule is Cc1ccc(C#N)c(Nc2ccc(C(=O)O)c(C)c2)n1. The second kappa shape index (κ2) is 5.41. The number of nitrogens with zero attached hydrogens (tertiary/aromatic N) is 2. The van der Waals surface area contributed by atoms with Gasteiger partial charge in [-0.1, -0.05) is 0 Å². The highest BCUT2D eigenvalue weighted by Crippen LogP contribution is 2.21. The van der Waals surface area contributed by atoms with Crippen LogP contribution in [0.5, 0.6) is 0 Å². The minimum Gasteiger partial charge on any atom is -0.478 e. The normalized spacial score (nSPS) is 9.85. The Balaban J connectivity index is 2.36. The lowest BCUT2D eigenvalue weighted by atomic mass is 10.1. The fourth-order valence-corrected chi connectivity index (χ4v) is 1.86. The number of hydrogen-bond acceptors (Lipinski definition) is 4. The summed E-state index contributed by atoms with van der Waals surface area (Å²) in [7, 11) is 0. The number of rotatable bonds is 3. The van der Waals surface area contributed by atoms with Crippen LogP contribution in [0, 0.1) is 25.2 Å². The first-order valence-corrected chi connectivity index (χ1v) is 6.00. The third-order valence-corrected chi connectivity index (χ3v) is 2.87. The van der Waals surface area contributed by atoms with E-state index >= 15 is 0 Å². The van der Waals surface area contributed by atoms with E-state index in [1.807, 2.05) is 6.92 Å². The van der Waals surface area contributed by atoms with Crippen molar-refractivity contribution in [2.75, 3.05) is 5.32 Å². The lowest BCUT2D eigenvalue weighted by molar-refractivity contribution is 0.0696. The van der Waals surface area contributed by atoms with Crippen LogP contribution in [0.15, 0.2) is 30.3 Å². The van der Waals surface area contributed by atoms with E-state index in [-0.39, 0.29) is 5.56 Å². The molecule has 0 atom stereocenters. The Labute approximate surface area is 116 Å². The van der Waals surface area contributed by atoms with E-state index in [9.17, 15) is 4.79 Å². The van der Waals surface area contributed by atoms with Gasteiger partial charge in [-0.05, 0) is 49.7 Å². The van der Waals surface area contributed by atoms with Gasteiger partial charge in [-0.3, -0.25) is 0 Å².